The summed E-state index contributed by atoms with van der Waals surface area (Å²) in [4.78, 5) is 22.9. The van der Waals surface area contributed by atoms with Crippen molar-refractivity contribution in [2.24, 2.45) is 0 Å². The van der Waals surface area contributed by atoms with Crippen molar-refractivity contribution < 1.29 is 14.5 Å². The Labute approximate surface area is 156 Å². The topological polar surface area (TPSA) is 93.5 Å². The molecule has 26 heavy (non-hydrogen) atoms. The number of nitro groups is 1. The van der Waals surface area contributed by atoms with Gasteiger partial charge in [-0.3, -0.25) is 20.2 Å². The first-order chi connectivity index (χ1) is 12.4. The molecule has 0 bridgehead atoms. The molecule has 0 aliphatic rings. The average Bonchev–Trinajstić information content (AvgIpc) is 2.61. The van der Waals surface area contributed by atoms with E-state index < -0.39 is 10.8 Å². The molecule has 2 aromatic rings. The van der Waals surface area contributed by atoms with Gasteiger partial charge in [0.25, 0.3) is 11.6 Å². The van der Waals surface area contributed by atoms with Crippen LogP contribution in [0.3, 0.4) is 0 Å². The molecule has 0 atom stereocenters. The predicted molar refractivity (Wildman–Crippen MR) is 104 cm³/mol. The number of nitrogens with zero attached hydrogens (tertiary/aromatic N) is 1. The van der Waals surface area contributed by atoms with E-state index in [9.17, 15) is 14.9 Å². The summed E-state index contributed by atoms with van der Waals surface area (Å²) < 4.78 is 5.51. The smallest absolute Gasteiger partial charge is 0.274 e. The molecule has 1 amide bonds. The first kappa shape index (κ1) is 19.3. The van der Waals surface area contributed by atoms with Crippen molar-refractivity contribution >= 4 is 34.6 Å². The minimum Gasteiger partial charge on any atom is -0.494 e. The van der Waals surface area contributed by atoms with Crippen molar-refractivity contribution in [3.8, 4) is 5.75 Å². The van der Waals surface area contributed by atoms with Gasteiger partial charge in [0.15, 0.2) is 5.11 Å². The third-order valence-corrected chi connectivity index (χ3v) is 3.75. The van der Waals surface area contributed by atoms with Gasteiger partial charge in [-0.1, -0.05) is 19.1 Å². The van der Waals surface area contributed by atoms with Crippen LogP contribution in [-0.4, -0.2) is 22.5 Å². The van der Waals surface area contributed by atoms with E-state index in [2.05, 4.69) is 10.6 Å². The second kappa shape index (κ2) is 8.91. The van der Waals surface area contributed by atoms with Crippen LogP contribution in [0.5, 0.6) is 5.75 Å². The monoisotopic (exact) mass is 373 g/mol. The molecule has 2 rings (SSSR count). The summed E-state index contributed by atoms with van der Waals surface area (Å²) in [5.41, 5.74) is 1.28. The van der Waals surface area contributed by atoms with Crippen LogP contribution in [0.4, 0.5) is 11.4 Å². The van der Waals surface area contributed by atoms with Crippen molar-refractivity contribution in [2.75, 3.05) is 11.9 Å². The fourth-order valence-corrected chi connectivity index (χ4v) is 2.44. The van der Waals surface area contributed by atoms with Crippen LogP contribution in [-0.2, 0) is 0 Å². The highest BCUT2D eigenvalue weighted by Gasteiger charge is 2.15. The lowest BCUT2D eigenvalue weighted by Gasteiger charge is -2.12. The maximum absolute atomic E-state index is 12.3. The first-order valence-electron chi connectivity index (χ1n) is 8.01. The van der Waals surface area contributed by atoms with Gasteiger partial charge >= 0.3 is 0 Å². The number of hydrogen-bond donors (Lipinski definition) is 2. The lowest BCUT2D eigenvalue weighted by atomic mass is 10.1. The number of carbonyl (C=O) groups excluding carboxylic acids is 1. The van der Waals surface area contributed by atoms with Gasteiger partial charge < -0.3 is 10.1 Å². The number of anilines is 1. The zero-order valence-electron chi connectivity index (χ0n) is 14.4. The van der Waals surface area contributed by atoms with E-state index in [1.807, 2.05) is 6.92 Å². The summed E-state index contributed by atoms with van der Waals surface area (Å²) in [5.74, 6) is 0.209. The number of benzene rings is 2. The standard InChI is InChI=1S/C18H19N3O4S/c1-3-10-25-14-7-4-6-13(11-14)17(22)20-18(26)19-15-8-5-9-16(12(15)2)21(23)24/h4-9,11H,3,10H2,1-2H3,(H2,19,20,22,26). The molecule has 0 aliphatic heterocycles. The number of rotatable bonds is 6. The van der Waals surface area contributed by atoms with Gasteiger partial charge in [0.2, 0.25) is 0 Å². The van der Waals surface area contributed by atoms with E-state index in [4.69, 9.17) is 17.0 Å². The van der Waals surface area contributed by atoms with E-state index in [0.29, 0.717) is 29.2 Å². The maximum Gasteiger partial charge on any atom is 0.274 e. The molecule has 0 radical (unpaired) electrons. The molecule has 7 nitrogen and oxygen atoms in total. The highest BCUT2D eigenvalue weighted by atomic mass is 32.1. The van der Waals surface area contributed by atoms with Gasteiger partial charge in [-0.25, -0.2) is 0 Å². The molecule has 2 N–H and O–H groups in total. The highest BCUT2D eigenvalue weighted by Crippen LogP contribution is 2.25. The quantitative estimate of drug-likeness (QED) is 0.454. The third kappa shape index (κ3) is 5.00. The van der Waals surface area contributed by atoms with Crippen LogP contribution in [0.25, 0.3) is 0 Å². The molecule has 0 saturated heterocycles. The Hall–Kier alpha value is -3.00. The normalized spacial score (nSPS) is 10.1. The molecule has 0 aliphatic carbocycles. The number of amides is 1. The fourth-order valence-electron chi connectivity index (χ4n) is 2.23. The summed E-state index contributed by atoms with van der Waals surface area (Å²) in [6.45, 7) is 4.17. The largest absolute Gasteiger partial charge is 0.494 e. The molecular formula is C18H19N3O4S. The molecule has 8 heteroatoms. The van der Waals surface area contributed by atoms with Crippen molar-refractivity contribution in [2.45, 2.75) is 20.3 Å². The Kier molecular flexibility index (Phi) is 6.62. The third-order valence-electron chi connectivity index (χ3n) is 3.55. The van der Waals surface area contributed by atoms with Crippen molar-refractivity contribution in [1.82, 2.24) is 5.32 Å². The lowest BCUT2D eigenvalue weighted by Crippen LogP contribution is -2.34. The van der Waals surface area contributed by atoms with Gasteiger partial charge in [-0.15, -0.1) is 0 Å². The van der Waals surface area contributed by atoms with Gasteiger partial charge in [0.1, 0.15) is 5.75 Å². The molecule has 0 heterocycles. The number of ether oxygens (including phenoxy) is 1. The molecule has 0 aromatic heterocycles. The Bertz CT molecular complexity index is 839. The average molecular weight is 373 g/mol. The van der Waals surface area contributed by atoms with E-state index in [0.717, 1.165) is 6.42 Å². The van der Waals surface area contributed by atoms with E-state index in [1.54, 1.807) is 43.3 Å². The molecular weight excluding hydrogens is 354 g/mol. The highest BCUT2D eigenvalue weighted by molar-refractivity contribution is 7.80. The van der Waals surface area contributed by atoms with Crippen LogP contribution < -0.4 is 15.4 Å². The SMILES string of the molecule is CCCOc1cccc(C(=O)NC(=S)Nc2cccc([N+](=O)[O-])c2C)c1. The van der Waals surface area contributed by atoms with E-state index in [1.165, 1.54) is 6.07 Å². The number of thiocarbonyl (C=S) groups is 1. The second-order valence-corrected chi connectivity index (χ2v) is 5.90. The number of nitrogens with one attached hydrogen (secondary N) is 2. The van der Waals surface area contributed by atoms with Crippen molar-refractivity contribution in [3.63, 3.8) is 0 Å². The lowest BCUT2D eigenvalue weighted by molar-refractivity contribution is -0.385. The van der Waals surface area contributed by atoms with Crippen molar-refractivity contribution in [1.29, 1.82) is 0 Å². The van der Waals surface area contributed by atoms with Gasteiger partial charge in [-0.05, 0) is 49.8 Å². The summed E-state index contributed by atoms with van der Waals surface area (Å²) in [7, 11) is 0. The second-order valence-electron chi connectivity index (χ2n) is 5.49. The first-order valence-corrected chi connectivity index (χ1v) is 8.42. The fraction of sp³-hybridized carbons (Fsp3) is 0.222. The Morgan fingerprint density at radius 1 is 1.27 bits per heavy atom. The van der Waals surface area contributed by atoms with E-state index >= 15 is 0 Å². The minimum absolute atomic E-state index is 0.0232. The van der Waals surface area contributed by atoms with E-state index in [-0.39, 0.29) is 10.8 Å². The summed E-state index contributed by atoms with van der Waals surface area (Å²) in [5, 5.41) is 16.4. The zero-order chi connectivity index (χ0) is 19.1. The van der Waals surface area contributed by atoms with Crippen LogP contribution in [0.2, 0.25) is 0 Å². The Morgan fingerprint density at radius 3 is 2.69 bits per heavy atom. The molecule has 0 fully saturated rings. The molecule has 136 valence electrons. The zero-order valence-corrected chi connectivity index (χ0v) is 15.3. The van der Waals surface area contributed by atoms with Gasteiger partial charge in [0.05, 0.1) is 22.8 Å². The van der Waals surface area contributed by atoms with Gasteiger partial charge in [-0.2, -0.15) is 0 Å². The van der Waals surface area contributed by atoms with Crippen LogP contribution in [0.15, 0.2) is 42.5 Å². The number of carbonyl (C=O) groups is 1. The molecule has 0 unspecified atom stereocenters. The Morgan fingerprint density at radius 2 is 2.00 bits per heavy atom. The van der Waals surface area contributed by atoms with Crippen LogP contribution in [0, 0.1) is 17.0 Å². The summed E-state index contributed by atoms with van der Waals surface area (Å²) in [6, 6.07) is 11.4. The predicted octanol–water partition coefficient (Wildman–Crippen LogP) is 3.82. The summed E-state index contributed by atoms with van der Waals surface area (Å²) >= 11 is 5.14. The van der Waals surface area contributed by atoms with Crippen molar-refractivity contribution in [3.05, 3.63) is 63.7 Å². The number of nitro benzene ring substituents is 1. The number of hydrogen-bond acceptors (Lipinski definition) is 5. The summed E-state index contributed by atoms with van der Waals surface area (Å²) in [6.07, 6.45) is 0.868. The molecule has 0 saturated carbocycles. The Balaban J connectivity index is 2.05. The molecule has 0 spiro atoms. The van der Waals surface area contributed by atoms with Gasteiger partial charge in [0, 0.05) is 11.6 Å². The van der Waals surface area contributed by atoms with Crippen LogP contribution in [0.1, 0.15) is 29.3 Å². The van der Waals surface area contributed by atoms with Crippen LogP contribution >= 0.6 is 12.2 Å². The molecule has 2 aromatic carbocycles. The minimum atomic E-state index is -0.468. The maximum atomic E-state index is 12.3.